The Hall–Kier alpha value is -2.58. The van der Waals surface area contributed by atoms with E-state index in [9.17, 15) is 13.2 Å². The van der Waals surface area contributed by atoms with Gasteiger partial charge in [-0.25, -0.2) is 13.2 Å². The third-order valence-electron chi connectivity index (χ3n) is 6.43. The van der Waals surface area contributed by atoms with Gasteiger partial charge in [0.1, 0.15) is 11.3 Å². The van der Waals surface area contributed by atoms with Crippen LogP contribution < -0.4 is 9.04 Å². The van der Waals surface area contributed by atoms with E-state index in [0.29, 0.717) is 43.6 Å². The number of sulfonamides is 1. The molecule has 2 heterocycles. The molecule has 0 amide bonds. The molecular formula is C25H31NO6S. The molecule has 1 fully saturated rings. The molecule has 0 aromatic heterocycles. The SMILES string of the molecule is CCc1ccc2c(c1)CC(C)N2S(=O)(=O)c1ccc(OCC2CCOCC2)c(C(=O)OC)c1. The lowest BCUT2D eigenvalue weighted by Gasteiger charge is -2.25. The van der Waals surface area contributed by atoms with Crippen molar-refractivity contribution in [2.45, 2.75) is 50.5 Å². The molecule has 0 spiro atoms. The number of carbonyl (C=O) groups is 1. The Morgan fingerprint density at radius 2 is 1.91 bits per heavy atom. The topological polar surface area (TPSA) is 82.1 Å². The Kier molecular flexibility index (Phi) is 6.95. The molecule has 178 valence electrons. The van der Waals surface area contributed by atoms with Crippen molar-refractivity contribution in [1.29, 1.82) is 0 Å². The van der Waals surface area contributed by atoms with Crippen LogP contribution in [0.25, 0.3) is 0 Å². The molecule has 0 N–H and O–H groups in total. The van der Waals surface area contributed by atoms with E-state index in [1.165, 1.54) is 29.1 Å². The third kappa shape index (κ3) is 4.73. The highest BCUT2D eigenvalue weighted by Crippen LogP contribution is 2.38. The molecule has 1 saturated heterocycles. The van der Waals surface area contributed by atoms with E-state index >= 15 is 0 Å². The summed E-state index contributed by atoms with van der Waals surface area (Å²) in [5, 5.41) is 0. The van der Waals surface area contributed by atoms with Gasteiger partial charge in [-0.15, -0.1) is 0 Å². The molecule has 7 nitrogen and oxygen atoms in total. The molecule has 2 aromatic carbocycles. The fourth-order valence-electron chi connectivity index (χ4n) is 4.54. The number of fused-ring (bicyclic) bond motifs is 1. The first-order chi connectivity index (χ1) is 15.8. The highest BCUT2D eigenvalue weighted by atomic mass is 32.2. The maximum absolute atomic E-state index is 13.7. The molecule has 1 unspecified atom stereocenters. The summed E-state index contributed by atoms with van der Waals surface area (Å²) in [5.74, 6) is 0.0360. The number of carbonyl (C=O) groups excluding carboxylic acids is 1. The molecular weight excluding hydrogens is 442 g/mol. The lowest BCUT2D eigenvalue weighted by Crippen LogP contribution is -2.35. The second-order valence-corrected chi connectivity index (χ2v) is 10.5. The van der Waals surface area contributed by atoms with Crippen LogP contribution in [0.4, 0.5) is 5.69 Å². The fraction of sp³-hybridized carbons (Fsp3) is 0.480. The minimum absolute atomic E-state index is 0.0422. The normalized spacial score (nSPS) is 18.8. The molecule has 0 radical (unpaired) electrons. The quantitative estimate of drug-likeness (QED) is 0.566. The van der Waals surface area contributed by atoms with Gasteiger partial charge in [-0.05, 0) is 73.9 Å². The van der Waals surface area contributed by atoms with E-state index in [1.54, 1.807) is 6.07 Å². The zero-order valence-electron chi connectivity index (χ0n) is 19.4. The van der Waals surface area contributed by atoms with Crippen LogP contribution in [0.2, 0.25) is 0 Å². The zero-order chi connectivity index (χ0) is 23.6. The van der Waals surface area contributed by atoms with E-state index in [4.69, 9.17) is 14.2 Å². The minimum atomic E-state index is -3.88. The predicted molar refractivity (Wildman–Crippen MR) is 125 cm³/mol. The van der Waals surface area contributed by atoms with Crippen molar-refractivity contribution in [3.8, 4) is 5.75 Å². The van der Waals surface area contributed by atoms with E-state index in [2.05, 4.69) is 13.0 Å². The molecule has 0 bridgehead atoms. The minimum Gasteiger partial charge on any atom is -0.492 e. The van der Waals surface area contributed by atoms with Crippen molar-refractivity contribution >= 4 is 21.7 Å². The van der Waals surface area contributed by atoms with E-state index in [0.717, 1.165) is 24.8 Å². The van der Waals surface area contributed by atoms with Crippen molar-refractivity contribution < 1.29 is 27.4 Å². The van der Waals surface area contributed by atoms with Gasteiger partial charge in [-0.2, -0.15) is 0 Å². The standard InChI is InChI=1S/C25H31NO6S/c1-4-18-5-7-23-20(14-18)13-17(2)26(23)33(28,29)21-6-8-24(22(15-21)25(27)30-3)32-16-19-9-11-31-12-10-19/h5-8,14-15,17,19H,4,9-13,16H2,1-3H3. The largest absolute Gasteiger partial charge is 0.492 e. The van der Waals surface area contributed by atoms with Gasteiger partial charge in [0.05, 0.1) is 24.3 Å². The highest BCUT2D eigenvalue weighted by molar-refractivity contribution is 7.92. The van der Waals surface area contributed by atoms with Gasteiger partial charge in [-0.1, -0.05) is 19.1 Å². The first kappa shape index (κ1) is 23.6. The number of methoxy groups -OCH3 is 1. The summed E-state index contributed by atoms with van der Waals surface area (Å²) < 4.78 is 45.0. The fourth-order valence-corrected chi connectivity index (χ4v) is 6.26. The summed E-state index contributed by atoms with van der Waals surface area (Å²) in [7, 11) is -2.61. The monoisotopic (exact) mass is 473 g/mol. The first-order valence-electron chi connectivity index (χ1n) is 11.4. The Balaban J connectivity index is 1.65. The molecule has 0 saturated carbocycles. The highest BCUT2D eigenvalue weighted by Gasteiger charge is 2.37. The van der Waals surface area contributed by atoms with Crippen LogP contribution in [0.15, 0.2) is 41.3 Å². The van der Waals surface area contributed by atoms with Crippen molar-refractivity contribution in [2.75, 3.05) is 31.2 Å². The molecule has 8 heteroatoms. The van der Waals surface area contributed by atoms with Gasteiger partial charge < -0.3 is 14.2 Å². The lowest BCUT2D eigenvalue weighted by molar-refractivity contribution is 0.0483. The van der Waals surface area contributed by atoms with Crippen molar-refractivity contribution in [1.82, 2.24) is 0 Å². The van der Waals surface area contributed by atoms with Gasteiger partial charge in [0.15, 0.2) is 0 Å². The number of benzene rings is 2. The first-order valence-corrected chi connectivity index (χ1v) is 12.9. The second-order valence-electron chi connectivity index (χ2n) is 8.69. The van der Waals surface area contributed by atoms with Crippen molar-refractivity contribution in [2.24, 2.45) is 5.92 Å². The van der Waals surface area contributed by atoms with Gasteiger partial charge >= 0.3 is 5.97 Å². The van der Waals surface area contributed by atoms with Gasteiger partial charge in [-0.3, -0.25) is 4.31 Å². The summed E-state index contributed by atoms with van der Waals surface area (Å²) in [4.78, 5) is 12.5. The molecule has 2 aliphatic heterocycles. The molecule has 2 aromatic rings. The average molecular weight is 474 g/mol. The van der Waals surface area contributed by atoms with Crippen LogP contribution >= 0.6 is 0 Å². The molecule has 4 rings (SSSR count). The second kappa shape index (κ2) is 9.73. The maximum atomic E-state index is 13.7. The van der Waals surface area contributed by atoms with Gasteiger partial charge in [0.2, 0.25) is 0 Å². The number of anilines is 1. The van der Waals surface area contributed by atoms with Crippen LogP contribution in [-0.4, -0.2) is 47.4 Å². The van der Waals surface area contributed by atoms with Crippen molar-refractivity contribution in [3.05, 3.63) is 53.1 Å². The van der Waals surface area contributed by atoms with Crippen LogP contribution in [0.1, 0.15) is 48.2 Å². The van der Waals surface area contributed by atoms with E-state index < -0.39 is 16.0 Å². The molecule has 33 heavy (non-hydrogen) atoms. The summed E-state index contributed by atoms with van der Waals surface area (Å²) in [6.45, 7) is 5.81. The van der Waals surface area contributed by atoms with Crippen LogP contribution in [0.3, 0.4) is 0 Å². The van der Waals surface area contributed by atoms with Gasteiger partial charge in [0.25, 0.3) is 10.0 Å². The zero-order valence-corrected chi connectivity index (χ0v) is 20.2. The summed E-state index contributed by atoms with van der Waals surface area (Å²) in [6.07, 6.45) is 3.34. The Morgan fingerprint density at radius 1 is 1.15 bits per heavy atom. The predicted octanol–water partition coefficient (Wildman–Crippen LogP) is 3.98. The Bertz CT molecular complexity index is 1120. The van der Waals surface area contributed by atoms with Crippen LogP contribution in [0, 0.1) is 5.92 Å². The van der Waals surface area contributed by atoms with E-state index in [-0.39, 0.29) is 16.5 Å². The molecule has 2 aliphatic rings. The Morgan fingerprint density at radius 3 is 2.61 bits per heavy atom. The van der Waals surface area contributed by atoms with Crippen molar-refractivity contribution in [3.63, 3.8) is 0 Å². The number of hydrogen-bond acceptors (Lipinski definition) is 6. The lowest BCUT2D eigenvalue weighted by atomic mass is 10.0. The number of nitrogens with zero attached hydrogens (tertiary/aromatic N) is 1. The average Bonchev–Trinajstić information content (AvgIpc) is 3.18. The summed E-state index contributed by atoms with van der Waals surface area (Å²) in [5.41, 5.74) is 3.01. The number of aryl methyl sites for hydroxylation is 1. The number of hydrogen-bond donors (Lipinski definition) is 0. The summed E-state index contributed by atoms with van der Waals surface area (Å²) >= 11 is 0. The summed E-state index contributed by atoms with van der Waals surface area (Å²) in [6, 6.07) is 10.1. The van der Waals surface area contributed by atoms with Crippen LogP contribution in [0.5, 0.6) is 5.75 Å². The van der Waals surface area contributed by atoms with E-state index in [1.807, 2.05) is 19.1 Å². The molecule has 0 aliphatic carbocycles. The number of rotatable bonds is 7. The number of esters is 1. The Labute approximate surface area is 195 Å². The smallest absolute Gasteiger partial charge is 0.341 e. The number of ether oxygens (including phenoxy) is 3. The van der Waals surface area contributed by atoms with Crippen LogP contribution in [-0.2, 0) is 32.3 Å². The molecule has 1 atom stereocenters. The van der Waals surface area contributed by atoms with Gasteiger partial charge in [0, 0.05) is 19.3 Å². The maximum Gasteiger partial charge on any atom is 0.341 e. The third-order valence-corrected chi connectivity index (χ3v) is 8.36.